The Balaban J connectivity index is 1.46. The molecule has 160 valence electrons. The zero-order valence-electron chi connectivity index (χ0n) is 16.9. The van der Waals surface area contributed by atoms with Crippen LogP contribution >= 0.6 is 23.7 Å². The van der Waals surface area contributed by atoms with Gasteiger partial charge >= 0.3 is 0 Å². The number of nitrogens with zero attached hydrogens (tertiary/aromatic N) is 2. The minimum absolute atomic E-state index is 0.00625. The van der Waals surface area contributed by atoms with Crippen molar-refractivity contribution in [1.29, 1.82) is 0 Å². The van der Waals surface area contributed by atoms with Crippen LogP contribution in [0.2, 0.25) is 5.02 Å². The van der Waals surface area contributed by atoms with E-state index in [0.717, 1.165) is 13.1 Å². The molecule has 2 saturated heterocycles. The van der Waals surface area contributed by atoms with Crippen molar-refractivity contribution in [3.8, 4) is 0 Å². The van der Waals surface area contributed by atoms with Gasteiger partial charge in [0.15, 0.2) is 0 Å². The second-order valence-corrected chi connectivity index (χ2v) is 9.22. The Morgan fingerprint density at radius 3 is 2.77 bits per heavy atom. The first-order valence-corrected chi connectivity index (χ1v) is 11.4. The van der Waals surface area contributed by atoms with E-state index in [1.807, 2.05) is 11.4 Å². The molecule has 4 rings (SSSR count). The van der Waals surface area contributed by atoms with Gasteiger partial charge in [-0.1, -0.05) is 23.7 Å². The van der Waals surface area contributed by atoms with Crippen LogP contribution in [0.25, 0.3) is 0 Å². The topological polar surface area (TPSA) is 47.6 Å². The summed E-state index contributed by atoms with van der Waals surface area (Å²) in [7, 11) is 1.89. The van der Waals surface area contributed by atoms with Gasteiger partial charge in [0.05, 0.1) is 5.02 Å². The molecule has 2 aromatic rings. The highest BCUT2D eigenvalue weighted by atomic mass is 35.5. The van der Waals surface area contributed by atoms with Crippen LogP contribution in [-0.4, -0.2) is 36.4 Å². The molecule has 30 heavy (non-hydrogen) atoms. The summed E-state index contributed by atoms with van der Waals surface area (Å²) in [6.45, 7) is 2.20. The highest BCUT2D eigenvalue weighted by Gasteiger charge is 2.33. The Morgan fingerprint density at radius 2 is 2.00 bits per heavy atom. The molecule has 0 radical (unpaired) electrons. The number of halogens is 2. The molecule has 1 amide bonds. The molecule has 2 aliphatic heterocycles. The fourth-order valence-corrected chi connectivity index (χ4v) is 5.01. The molecule has 2 N–H and O–H groups in total. The second kappa shape index (κ2) is 9.56. The molecule has 5 nitrogen and oxygen atoms in total. The quantitative estimate of drug-likeness (QED) is 0.644. The van der Waals surface area contributed by atoms with E-state index in [-0.39, 0.29) is 23.0 Å². The summed E-state index contributed by atoms with van der Waals surface area (Å²) in [6, 6.07) is 12.6. The van der Waals surface area contributed by atoms with Crippen molar-refractivity contribution in [2.24, 2.45) is 0 Å². The van der Waals surface area contributed by atoms with Crippen LogP contribution in [0.15, 0.2) is 42.5 Å². The van der Waals surface area contributed by atoms with E-state index in [0.29, 0.717) is 12.1 Å². The number of hydrogen-bond acceptors (Lipinski definition) is 5. The van der Waals surface area contributed by atoms with E-state index in [9.17, 15) is 9.18 Å². The lowest BCUT2D eigenvalue weighted by atomic mass is 9.98. The van der Waals surface area contributed by atoms with Gasteiger partial charge in [-0.3, -0.25) is 4.79 Å². The summed E-state index contributed by atoms with van der Waals surface area (Å²) in [5.74, 6) is -0.635. The molecular weight excluding hydrogens is 423 g/mol. The monoisotopic (exact) mass is 448 g/mol. The Hall–Kier alpha value is -1.80. The number of hydrogen-bond donors (Lipinski definition) is 2. The molecule has 0 spiro atoms. The molecule has 0 bridgehead atoms. The Morgan fingerprint density at radius 1 is 1.20 bits per heavy atom. The van der Waals surface area contributed by atoms with Gasteiger partial charge in [0, 0.05) is 42.6 Å². The molecule has 2 atom stereocenters. The van der Waals surface area contributed by atoms with Crippen molar-refractivity contribution in [2.75, 3.05) is 30.4 Å². The summed E-state index contributed by atoms with van der Waals surface area (Å²) >= 11 is 7.28. The van der Waals surface area contributed by atoms with Crippen LogP contribution in [0.3, 0.4) is 0 Å². The number of nitrogens with one attached hydrogen (secondary N) is 2. The van der Waals surface area contributed by atoms with Crippen LogP contribution in [0, 0.1) is 5.82 Å². The van der Waals surface area contributed by atoms with Crippen LogP contribution < -0.4 is 14.9 Å². The van der Waals surface area contributed by atoms with Crippen molar-refractivity contribution in [2.45, 2.75) is 37.8 Å². The van der Waals surface area contributed by atoms with Gasteiger partial charge in [0.1, 0.15) is 11.9 Å². The lowest BCUT2D eigenvalue weighted by Crippen LogP contribution is -2.46. The maximum Gasteiger partial charge on any atom is 0.242 e. The average Bonchev–Trinajstić information content (AvgIpc) is 2.77. The molecular formula is C22H26ClFN4OS. The maximum absolute atomic E-state index is 13.4. The van der Waals surface area contributed by atoms with E-state index in [2.05, 4.69) is 39.2 Å². The first kappa shape index (κ1) is 21.4. The summed E-state index contributed by atoms with van der Waals surface area (Å²) < 4.78 is 18.8. The SMILES string of the molecule is CN1SNC(c2cccc(N3CCCCC3)c2)CC1C(=O)Nc1ccc(F)c(Cl)c1. The number of carbonyl (C=O) groups excluding carboxylic acids is 1. The third-order valence-corrected chi connectivity index (χ3v) is 6.94. The number of rotatable bonds is 4. The number of likely N-dealkylation sites (N-methyl/N-ethyl adjacent to an activating group) is 1. The van der Waals surface area contributed by atoms with Crippen LogP contribution in [-0.2, 0) is 4.79 Å². The Labute approximate surface area is 186 Å². The second-order valence-electron chi connectivity index (χ2n) is 7.82. The fraction of sp³-hybridized carbons (Fsp3) is 0.409. The zero-order chi connectivity index (χ0) is 21.1. The van der Waals surface area contributed by atoms with Crippen molar-refractivity contribution in [3.63, 3.8) is 0 Å². The van der Waals surface area contributed by atoms with Gasteiger partial charge < -0.3 is 10.2 Å². The predicted molar refractivity (Wildman–Crippen MR) is 122 cm³/mol. The minimum Gasteiger partial charge on any atom is -0.372 e. The maximum atomic E-state index is 13.4. The van der Waals surface area contributed by atoms with E-state index >= 15 is 0 Å². The molecule has 2 aliphatic rings. The number of benzene rings is 2. The van der Waals surface area contributed by atoms with E-state index < -0.39 is 5.82 Å². The molecule has 8 heteroatoms. The number of carbonyl (C=O) groups is 1. The molecule has 2 aromatic carbocycles. The van der Waals surface area contributed by atoms with Gasteiger partial charge in [-0.05, 0) is 68.6 Å². The van der Waals surface area contributed by atoms with Crippen molar-refractivity contribution >= 4 is 41.0 Å². The van der Waals surface area contributed by atoms with E-state index in [1.54, 1.807) is 0 Å². The van der Waals surface area contributed by atoms with Crippen LogP contribution in [0.1, 0.15) is 37.3 Å². The average molecular weight is 449 g/mol. The van der Waals surface area contributed by atoms with Crippen LogP contribution in [0.5, 0.6) is 0 Å². The first-order chi connectivity index (χ1) is 14.5. The van der Waals surface area contributed by atoms with Gasteiger partial charge in [-0.2, -0.15) is 0 Å². The van der Waals surface area contributed by atoms with Crippen molar-refractivity contribution < 1.29 is 9.18 Å². The Kier molecular flexibility index (Phi) is 6.83. The summed E-state index contributed by atoms with van der Waals surface area (Å²) in [5.41, 5.74) is 2.92. The third-order valence-electron chi connectivity index (χ3n) is 5.72. The number of piperidine rings is 1. The Bertz CT molecular complexity index is 908. The fourth-order valence-electron chi connectivity index (χ4n) is 4.00. The van der Waals surface area contributed by atoms with Gasteiger partial charge in [-0.25, -0.2) is 13.4 Å². The summed E-state index contributed by atoms with van der Waals surface area (Å²) in [4.78, 5) is 15.4. The number of anilines is 2. The zero-order valence-corrected chi connectivity index (χ0v) is 18.5. The number of amides is 1. The van der Waals surface area contributed by atoms with Crippen molar-refractivity contribution in [1.82, 2.24) is 9.03 Å². The highest BCUT2D eigenvalue weighted by Crippen LogP contribution is 2.33. The van der Waals surface area contributed by atoms with Crippen molar-refractivity contribution in [3.05, 3.63) is 58.9 Å². The van der Waals surface area contributed by atoms with E-state index in [1.165, 1.54) is 60.8 Å². The molecule has 0 aliphatic carbocycles. The molecule has 2 fully saturated rings. The normalized spacial score (nSPS) is 22.7. The van der Waals surface area contributed by atoms with Crippen LogP contribution in [0.4, 0.5) is 15.8 Å². The minimum atomic E-state index is -0.502. The summed E-state index contributed by atoms with van der Waals surface area (Å²) in [5, 5.41) is 2.86. The molecule has 0 saturated carbocycles. The lowest BCUT2D eigenvalue weighted by molar-refractivity contribution is -0.119. The molecule has 2 unspecified atom stereocenters. The largest absolute Gasteiger partial charge is 0.372 e. The van der Waals surface area contributed by atoms with E-state index in [4.69, 9.17) is 11.6 Å². The van der Waals surface area contributed by atoms with Gasteiger partial charge in [0.25, 0.3) is 0 Å². The first-order valence-electron chi connectivity index (χ1n) is 10.3. The third kappa shape index (κ3) is 4.91. The lowest BCUT2D eigenvalue weighted by Gasteiger charge is -2.36. The molecule has 0 aromatic heterocycles. The molecule has 2 heterocycles. The van der Waals surface area contributed by atoms with Gasteiger partial charge in [0.2, 0.25) is 5.91 Å². The summed E-state index contributed by atoms with van der Waals surface area (Å²) in [6.07, 6.45) is 4.41. The standard InChI is InChI=1S/C22H26ClFN4OS/c1-27-21(22(29)25-16-8-9-19(24)18(23)13-16)14-20(26-30-27)15-6-5-7-17(12-15)28-10-3-2-4-11-28/h5-9,12-13,20-21,26H,2-4,10-11,14H2,1H3,(H,25,29). The highest BCUT2D eigenvalue weighted by molar-refractivity contribution is 7.95. The predicted octanol–water partition coefficient (Wildman–Crippen LogP) is 5.01. The van der Waals surface area contributed by atoms with Gasteiger partial charge in [-0.15, -0.1) is 0 Å². The smallest absolute Gasteiger partial charge is 0.242 e.